The van der Waals surface area contributed by atoms with Gasteiger partial charge < -0.3 is 14.8 Å². The van der Waals surface area contributed by atoms with E-state index in [0.717, 1.165) is 22.4 Å². The van der Waals surface area contributed by atoms with Crippen LogP contribution in [0.2, 0.25) is 5.02 Å². The van der Waals surface area contributed by atoms with Crippen LogP contribution >= 0.6 is 11.6 Å². The van der Waals surface area contributed by atoms with E-state index in [1.807, 2.05) is 60.7 Å². The van der Waals surface area contributed by atoms with E-state index in [4.69, 9.17) is 21.1 Å². The van der Waals surface area contributed by atoms with Crippen LogP contribution in [-0.2, 0) is 33.8 Å². The molecule has 3 aromatic rings. The molecule has 31 heavy (non-hydrogen) atoms. The Bertz CT molecular complexity index is 1010. The van der Waals surface area contributed by atoms with Gasteiger partial charge in [0.15, 0.2) is 0 Å². The van der Waals surface area contributed by atoms with E-state index in [2.05, 4.69) is 5.32 Å². The quantitative estimate of drug-likeness (QED) is 0.505. The van der Waals surface area contributed by atoms with Crippen LogP contribution in [0.1, 0.15) is 16.7 Å². The van der Waals surface area contributed by atoms with E-state index in [1.54, 1.807) is 18.2 Å². The molecule has 0 aliphatic rings. The van der Waals surface area contributed by atoms with Crippen LogP contribution in [0.25, 0.3) is 0 Å². The molecule has 160 valence electrons. The number of halogens is 1. The molecule has 0 fully saturated rings. The Hall–Kier alpha value is -3.31. The zero-order valence-corrected chi connectivity index (χ0v) is 18.0. The minimum atomic E-state index is -0.784. The summed E-state index contributed by atoms with van der Waals surface area (Å²) in [5.74, 6) is -0.0449. The van der Waals surface area contributed by atoms with Crippen molar-refractivity contribution in [3.8, 4) is 5.75 Å². The van der Waals surface area contributed by atoms with Crippen LogP contribution < -0.4 is 10.1 Å². The van der Waals surface area contributed by atoms with E-state index in [9.17, 15) is 9.59 Å². The van der Waals surface area contributed by atoms with Crippen molar-refractivity contribution in [3.63, 3.8) is 0 Å². The number of hydrogen-bond acceptors (Lipinski definition) is 4. The van der Waals surface area contributed by atoms with E-state index >= 15 is 0 Å². The van der Waals surface area contributed by atoms with Crippen molar-refractivity contribution in [1.29, 1.82) is 0 Å². The van der Waals surface area contributed by atoms with Crippen molar-refractivity contribution in [2.75, 3.05) is 7.11 Å². The van der Waals surface area contributed by atoms with E-state index in [-0.39, 0.29) is 12.3 Å². The number of methoxy groups -OCH3 is 1. The van der Waals surface area contributed by atoms with Crippen molar-refractivity contribution in [3.05, 3.63) is 101 Å². The fourth-order valence-corrected chi connectivity index (χ4v) is 3.32. The second kappa shape index (κ2) is 11.2. The predicted molar refractivity (Wildman–Crippen MR) is 120 cm³/mol. The number of hydrogen-bond donors (Lipinski definition) is 1. The molecule has 3 rings (SSSR count). The Morgan fingerprint density at radius 2 is 1.61 bits per heavy atom. The number of carbonyl (C=O) groups excluding carboxylic acids is 2. The number of ether oxygens (including phenoxy) is 2. The van der Waals surface area contributed by atoms with Crippen LogP contribution in [0.15, 0.2) is 78.9 Å². The van der Waals surface area contributed by atoms with Crippen molar-refractivity contribution in [1.82, 2.24) is 5.32 Å². The minimum absolute atomic E-state index is 0.125. The number of esters is 1. The van der Waals surface area contributed by atoms with Gasteiger partial charge in [-0.3, -0.25) is 4.79 Å². The zero-order valence-electron chi connectivity index (χ0n) is 17.2. The van der Waals surface area contributed by atoms with Gasteiger partial charge in [-0.25, -0.2) is 4.79 Å². The molecular formula is C25H24ClNO4. The Labute approximate surface area is 187 Å². The maximum Gasteiger partial charge on any atom is 0.328 e. The second-order valence-electron chi connectivity index (χ2n) is 7.07. The fourth-order valence-electron chi connectivity index (χ4n) is 3.11. The average Bonchev–Trinajstić information content (AvgIpc) is 2.78. The third kappa shape index (κ3) is 7.15. The van der Waals surface area contributed by atoms with Gasteiger partial charge in [0.25, 0.3) is 0 Å². The fraction of sp³-hybridized carbons (Fsp3) is 0.200. The molecule has 6 heteroatoms. The number of nitrogens with one attached hydrogen (secondary N) is 1. The first kappa shape index (κ1) is 22.4. The highest BCUT2D eigenvalue weighted by molar-refractivity contribution is 6.30. The smallest absolute Gasteiger partial charge is 0.328 e. The molecule has 0 saturated heterocycles. The number of benzene rings is 3. The summed E-state index contributed by atoms with van der Waals surface area (Å²) in [5, 5.41) is 3.32. The lowest BCUT2D eigenvalue weighted by atomic mass is 10.0. The van der Waals surface area contributed by atoms with Crippen molar-refractivity contribution in [2.24, 2.45) is 0 Å². The molecule has 0 aliphatic heterocycles. The molecular weight excluding hydrogens is 414 g/mol. The highest BCUT2D eigenvalue weighted by Crippen LogP contribution is 2.16. The standard InChI is InChI=1S/C25H24ClNO4/c1-30-25(29)23(27-24(28)16-20-8-5-9-21(26)14-20)15-18-10-12-22(13-11-18)31-17-19-6-3-2-4-7-19/h2-14,23H,15-17H2,1H3,(H,27,28)/t23-/m1/s1. The summed E-state index contributed by atoms with van der Waals surface area (Å²) >= 11 is 5.97. The second-order valence-corrected chi connectivity index (χ2v) is 7.51. The van der Waals surface area contributed by atoms with E-state index in [1.165, 1.54) is 7.11 Å². The SMILES string of the molecule is COC(=O)[C@@H](Cc1ccc(OCc2ccccc2)cc1)NC(=O)Cc1cccc(Cl)c1. The van der Waals surface area contributed by atoms with Crippen LogP contribution in [0.5, 0.6) is 5.75 Å². The lowest BCUT2D eigenvalue weighted by molar-refractivity contribution is -0.145. The number of carbonyl (C=O) groups is 2. The lowest BCUT2D eigenvalue weighted by Crippen LogP contribution is -2.43. The first-order valence-electron chi connectivity index (χ1n) is 9.91. The van der Waals surface area contributed by atoms with Gasteiger partial charge in [-0.2, -0.15) is 0 Å². The molecule has 0 saturated carbocycles. The summed E-state index contributed by atoms with van der Waals surface area (Å²) in [4.78, 5) is 24.6. The van der Waals surface area contributed by atoms with E-state index < -0.39 is 12.0 Å². The maximum absolute atomic E-state index is 12.4. The molecule has 1 amide bonds. The zero-order chi connectivity index (χ0) is 22.1. The van der Waals surface area contributed by atoms with Crippen LogP contribution in [0, 0.1) is 0 Å². The van der Waals surface area contributed by atoms with Crippen LogP contribution in [0.4, 0.5) is 0 Å². The lowest BCUT2D eigenvalue weighted by Gasteiger charge is -2.17. The van der Waals surface area contributed by atoms with Gasteiger partial charge in [-0.1, -0.05) is 66.2 Å². The summed E-state index contributed by atoms with van der Waals surface area (Å²) in [6.07, 6.45) is 0.438. The topological polar surface area (TPSA) is 64.6 Å². The monoisotopic (exact) mass is 437 g/mol. The Kier molecular flexibility index (Phi) is 8.07. The average molecular weight is 438 g/mol. The summed E-state index contributed by atoms with van der Waals surface area (Å²) in [6, 6.07) is 23.6. The van der Waals surface area contributed by atoms with Crippen LogP contribution in [-0.4, -0.2) is 25.0 Å². The van der Waals surface area contributed by atoms with E-state index in [0.29, 0.717) is 18.1 Å². The third-order valence-electron chi connectivity index (χ3n) is 4.69. The highest BCUT2D eigenvalue weighted by Gasteiger charge is 2.22. The van der Waals surface area contributed by atoms with Gasteiger partial charge in [0.05, 0.1) is 13.5 Å². The van der Waals surface area contributed by atoms with Gasteiger partial charge >= 0.3 is 5.97 Å². The number of rotatable bonds is 9. The molecule has 3 aromatic carbocycles. The largest absolute Gasteiger partial charge is 0.489 e. The first-order chi connectivity index (χ1) is 15.0. The van der Waals surface area contributed by atoms with Crippen molar-refractivity contribution < 1.29 is 19.1 Å². The molecule has 0 heterocycles. The molecule has 0 aliphatic carbocycles. The van der Waals surface area contributed by atoms with Gasteiger partial charge in [0, 0.05) is 11.4 Å². The summed E-state index contributed by atoms with van der Waals surface area (Å²) < 4.78 is 10.7. The molecule has 0 aromatic heterocycles. The Morgan fingerprint density at radius 3 is 2.29 bits per heavy atom. The molecule has 1 N–H and O–H groups in total. The molecule has 5 nitrogen and oxygen atoms in total. The first-order valence-corrected chi connectivity index (χ1v) is 10.3. The maximum atomic E-state index is 12.4. The van der Waals surface area contributed by atoms with Crippen molar-refractivity contribution >= 4 is 23.5 Å². The van der Waals surface area contributed by atoms with Gasteiger partial charge in [0.2, 0.25) is 5.91 Å². The summed E-state index contributed by atoms with van der Waals surface area (Å²) in [6.45, 7) is 0.477. The van der Waals surface area contributed by atoms with Gasteiger partial charge in [-0.15, -0.1) is 0 Å². The minimum Gasteiger partial charge on any atom is -0.489 e. The summed E-state index contributed by atoms with van der Waals surface area (Å²) in [7, 11) is 1.30. The van der Waals surface area contributed by atoms with Gasteiger partial charge in [0.1, 0.15) is 18.4 Å². The summed E-state index contributed by atoms with van der Waals surface area (Å²) in [5.41, 5.74) is 2.73. The molecule has 1 atom stereocenters. The molecule has 0 bridgehead atoms. The molecule has 0 spiro atoms. The van der Waals surface area contributed by atoms with Crippen molar-refractivity contribution in [2.45, 2.75) is 25.5 Å². The Morgan fingerprint density at radius 1 is 0.903 bits per heavy atom. The Balaban J connectivity index is 1.58. The molecule has 0 radical (unpaired) electrons. The highest BCUT2D eigenvalue weighted by atomic mass is 35.5. The third-order valence-corrected chi connectivity index (χ3v) is 4.92. The normalized spacial score (nSPS) is 11.4. The number of amides is 1. The predicted octanol–water partition coefficient (Wildman–Crippen LogP) is 4.36. The van der Waals surface area contributed by atoms with Crippen LogP contribution in [0.3, 0.4) is 0 Å². The molecule has 0 unspecified atom stereocenters. The van der Waals surface area contributed by atoms with Gasteiger partial charge in [-0.05, 0) is 41.0 Å².